The number of benzene rings is 1. The van der Waals surface area contributed by atoms with E-state index < -0.39 is 0 Å². The van der Waals surface area contributed by atoms with Gasteiger partial charge in [0.1, 0.15) is 5.75 Å². The number of methoxy groups -OCH3 is 1. The summed E-state index contributed by atoms with van der Waals surface area (Å²) in [5.74, 6) is 0.863. The van der Waals surface area contributed by atoms with Gasteiger partial charge >= 0.3 is 6.03 Å². The Labute approximate surface area is 168 Å². The number of likely N-dealkylation sites (tertiary alicyclic amines) is 1. The van der Waals surface area contributed by atoms with Gasteiger partial charge in [0.2, 0.25) is 0 Å². The van der Waals surface area contributed by atoms with Crippen molar-refractivity contribution >= 4 is 6.03 Å². The highest BCUT2D eigenvalue weighted by Gasteiger charge is 2.40. The number of carbonyl (C=O) groups is 1. The summed E-state index contributed by atoms with van der Waals surface area (Å²) in [6, 6.07) is 7.83. The van der Waals surface area contributed by atoms with E-state index in [1.165, 1.54) is 0 Å². The van der Waals surface area contributed by atoms with Gasteiger partial charge in [-0.1, -0.05) is 18.2 Å². The predicted octanol–water partition coefficient (Wildman–Crippen LogP) is 1.33. The fraction of sp³-hybridized carbons (Fsp3) is 0.667. The molecule has 2 aliphatic rings. The zero-order valence-corrected chi connectivity index (χ0v) is 17.2. The molecule has 2 aliphatic heterocycles. The van der Waals surface area contributed by atoms with Crippen LogP contribution in [0.5, 0.6) is 5.75 Å². The molecule has 2 N–H and O–H groups in total. The number of rotatable bonds is 7. The summed E-state index contributed by atoms with van der Waals surface area (Å²) >= 11 is 0. The first kappa shape index (κ1) is 20.9. The highest BCUT2D eigenvalue weighted by Crippen LogP contribution is 2.29. The Morgan fingerprint density at radius 3 is 2.57 bits per heavy atom. The molecule has 1 aromatic carbocycles. The first-order chi connectivity index (χ1) is 13.6. The molecule has 2 saturated heterocycles. The van der Waals surface area contributed by atoms with Gasteiger partial charge in [0.25, 0.3) is 0 Å². The monoisotopic (exact) mass is 390 g/mol. The number of nitrogens with zero attached hydrogens (tertiary/aromatic N) is 2. The van der Waals surface area contributed by atoms with E-state index in [-0.39, 0.29) is 11.6 Å². The Bertz CT molecular complexity index is 626. The number of hydrogen-bond donors (Lipinski definition) is 2. The molecule has 7 nitrogen and oxygen atoms in total. The molecule has 0 bridgehead atoms. The molecule has 0 atom stereocenters. The van der Waals surface area contributed by atoms with Crippen LogP contribution in [0.25, 0.3) is 0 Å². The van der Waals surface area contributed by atoms with E-state index in [4.69, 9.17) is 9.47 Å². The molecule has 0 unspecified atom stereocenters. The minimum absolute atomic E-state index is 0.0380. The Balaban J connectivity index is 1.49. The van der Waals surface area contributed by atoms with Gasteiger partial charge in [-0.15, -0.1) is 0 Å². The van der Waals surface area contributed by atoms with E-state index in [2.05, 4.69) is 27.5 Å². The van der Waals surface area contributed by atoms with E-state index >= 15 is 0 Å². The van der Waals surface area contributed by atoms with Crippen LogP contribution < -0.4 is 15.4 Å². The maximum Gasteiger partial charge on any atom is 0.314 e. The molecule has 0 spiro atoms. The lowest BCUT2D eigenvalue weighted by Gasteiger charge is -2.49. The maximum absolute atomic E-state index is 12.4. The summed E-state index contributed by atoms with van der Waals surface area (Å²) in [6.07, 6.45) is 2.90. The lowest BCUT2D eigenvalue weighted by Crippen LogP contribution is -2.63. The second-order valence-corrected chi connectivity index (χ2v) is 7.80. The number of nitrogens with one attached hydrogen (secondary N) is 2. The van der Waals surface area contributed by atoms with Crippen molar-refractivity contribution in [3.8, 4) is 5.75 Å². The van der Waals surface area contributed by atoms with Crippen LogP contribution in [0.4, 0.5) is 4.79 Å². The van der Waals surface area contributed by atoms with Crippen LogP contribution in [0.3, 0.4) is 0 Å². The van der Waals surface area contributed by atoms with Gasteiger partial charge in [-0.2, -0.15) is 0 Å². The molecule has 1 aromatic rings. The number of carbonyl (C=O) groups excluding carboxylic acids is 1. The van der Waals surface area contributed by atoms with Crippen LogP contribution in [0.2, 0.25) is 0 Å². The molecular weight excluding hydrogens is 356 g/mol. The number of para-hydroxylation sites is 1. The third-order valence-corrected chi connectivity index (χ3v) is 6.05. The fourth-order valence-corrected chi connectivity index (χ4v) is 4.20. The molecule has 156 valence electrons. The molecule has 2 heterocycles. The number of amides is 2. The number of urea groups is 1. The Hall–Kier alpha value is -1.83. The topological polar surface area (TPSA) is 66.1 Å². The molecular formula is C21H34N4O3. The van der Waals surface area contributed by atoms with Gasteiger partial charge in [-0.25, -0.2) is 4.79 Å². The molecule has 3 rings (SSSR count). The van der Waals surface area contributed by atoms with E-state index in [0.717, 1.165) is 70.0 Å². The van der Waals surface area contributed by atoms with E-state index in [1.54, 1.807) is 7.11 Å². The van der Waals surface area contributed by atoms with Crippen LogP contribution in [-0.4, -0.2) is 88.0 Å². The minimum atomic E-state index is -0.0959. The lowest BCUT2D eigenvalue weighted by atomic mass is 9.85. The van der Waals surface area contributed by atoms with Crippen molar-refractivity contribution in [1.29, 1.82) is 0 Å². The summed E-state index contributed by atoms with van der Waals surface area (Å²) in [7, 11) is 3.84. The number of ether oxygens (including phenoxy) is 2. The van der Waals surface area contributed by atoms with Crippen molar-refractivity contribution in [3.63, 3.8) is 0 Å². The van der Waals surface area contributed by atoms with Crippen LogP contribution in [-0.2, 0) is 11.2 Å². The fourth-order valence-electron chi connectivity index (χ4n) is 4.20. The largest absolute Gasteiger partial charge is 0.496 e. The highest BCUT2D eigenvalue weighted by molar-refractivity contribution is 5.73. The highest BCUT2D eigenvalue weighted by atomic mass is 16.5. The quantitative estimate of drug-likeness (QED) is 0.735. The smallest absolute Gasteiger partial charge is 0.314 e. The van der Waals surface area contributed by atoms with Gasteiger partial charge in [0, 0.05) is 31.7 Å². The predicted molar refractivity (Wildman–Crippen MR) is 110 cm³/mol. The summed E-state index contributed by atoms with van der Waals surface area (Å²) in [5.41, 5.74) is 1.14. The second kappa shape index (κ2) is 10.1. The van der Waals surface area contributed by atoms with E-state index in [9.17, 15) is 4.79 Å². The van der Waals surface area contributed by atoms with Crippen LogP contribution in [0.15, 0.2) is 24.3 Å². The van der Waals surface area contributed by atoms with Crippen molar-refractivity contribution < 1.29 is 14.3 Å². The third-order valence-electron chi connectivity index (χ3n) is 6.05. The number of hydrogen-bond acceptors (Lipinski definition) is 5. The van der Waals surface area contributed by atoms with Gasteiger partial charge in [-0.05, 0) is 51.0 Å². The second-order valence-electron chi connectivity index (χ2n) is 7.80. The Morgan fingerprint density at radius 2 is 1.86 bits per heavy atom. The van der Waals surface area contributed by atoms with Crippen molar-refractivity contribution in [2.75, 3.05) is 66.6 Å². The molecule has 0 saturated carbocycles. The molecule has 0 radical (unpaired) electrons. The van der Waals surface area contributed by atoms with Crippen molar-refractivity contribution in [2.24, 2.45) is 0 Å². The van der Waals surface area contributed by atoms with Gasteiger partial charge < -0.3 is 25.0 Å². The number of morpholine rings is 1. The first-order valence-corrected chi connectivity index (χ1v) is 10.3. The first-order valence-electron chi connectivity index (χ1n) is 10.3. The zero-order valence-electron chi connectivity index (χ0n) is 17.2. The Morgan fingerprint density at radius 1 is 1.14 bits per heavy atom. The summed E-state index contributed by atoms with van der Waals surface area (Å²) < 4.78 is 10.9. The summed E-state index contributed by atoms with van der Waals surface area (Å²) in [6.45, 7) is 6.84. The molecule has 7 heteroatoms. The average molecular weight is 391 g/mol. The minimum Gasteiger partial charge on any atom is -0.496 e. The summed E-state index contributed by atoms with van der Waals surface area (Å²) in [5, 5.41) is 6.13. The van der Waals surface area contributed by atoms with Crippen molar-refractivity contribution in [2.45, 2.75) is 24.8 Å². The standard InChI is InChI=1S/C21H34N4O3/c1-24-11-8-21(9-12-24,25-13-15-28-16-14-25)17-23-20(26)22-10-7-18-5-3-4-6-19(18)27-2/h3-6H,7-17H2,1-2H3,(H2,22,23,26). The SMILES string of the molecule is COc1ccccc1CCNC(=O)NCC1(N2CCOCC2)CCN(C)CC1. The molecule has 2 fully saturated rings. The van der Waals surface area contributed by atoms with Crippen molar-refractivity contribution in [1.82, 2.24) is 20.4 Å². The summed E-state index contributed by atoms with van der Waals surface area (Å²) in [4.78, 5) is 17.3. The normalized spacial score (nSPS) is 20.5. The van der Waals surface area contributed by atoms with Gasteiger partial charge in [0.05, 0.1) is 20.3 Å². The van der Waals surface area contributed by atoms with Crippen LogP contribution in [0, 0.1) is 0 Å². The average Bonchev–Trinajstić information content (AvgIpc) is 2.74. The van der Waals surface area contributed by atoms with Crippen LogP contribution in [0.1, 0.15) is 18.4 Å². The molecule has 28 heavy (non-hydrogen) atoms. The maximum atomic E-state index is 12.4. The lowest BCUT2D eigenvalue weighted by molar-refractivity contribution is -0.0435. The van der Waals surface area contributed by atoms with Gasteiger partial charge in [-0.3, -0.25) is 4.90 Å². The van der Waals surface area contributed by atoms with Crippen LogP contribution >= 0.6 is 0 Å². The molecule has 2 amide bonds. The number of piperidine rings is 1. The Kier molecular flexibility index (Phi) is 7.53. The van der Waals surface area contributed by atoms with Gasteiger partial charge in [0.15, 0.2) is 0 Å². The molecule has 0 aromatic heterocycles. The third kappa shape index (κ3) is 5.37. The molecule has 0 aliphatic carbocycles. The van der Waals surface area contributed by atoms with Crippen molar-refractivity contribution in [3.05, 3.63) is 29.8 Å². The zero-order chi connectivity index (χ0) is 19.8. The van der Waals surface area contributed by atoms with E-state index in [0.29, 0.717) is 13.1 Å². The van der Waals surface area contributed by atoms with E-state index in [1.807, 2.05) is 24.3 Å².